The summed E-state index contributed by atoms with van der Waals surface area (Å²) in [5.74, 6) is 0.727. The van der Waals surface area contributed by atoms with Gasteiger partial charge in [0.15, 0.2) is 11.7 Å². The van der Waals surface area contributed by atoms with E-state index in [4.69, 9.17) is 4.74 Å². The minimum atomic E-state index is 0.105. The molecule has 0 spiro atoms. The van der Waals surface area contributed by atoms with Gasteiger partial charge in [0, 0.05) is 34.9 Å². The Morgan fingerprint density at radius 1 is 1.28 bits per heavy atom. The molecule has 7 nitrogen and oxygen atoms in total. The Bertz CT molecular complexity index is 1230. The number of aromatic hydroxyl groups is 1. The molecule has 1 aliphatic heterocycles. The summed E-state index contributed by atoms with van der Waals surface area (Å²) < 4.78 is 7.39. The molecule has 0 aliphatic carbocycles. The van der Waals surface area contributed by atoms with Crippen molar-refractivity contribution in [1.29, 1.82) is 0 Å². The molecule has 0 bridgehead atoms. The second kappa shape index (κ2) is 6.86. The first-order valence-corrected chi connectivity index (χ1v) is 9.56. The molecule has 0 radical (unpaired) electrons. The number of aryl methyl sites for hydroxylation is 1. The van der Waals surface area contributed by atoms with Crippen molar-refractivity contribution in [3.8, 4) is 17.0 Å². The van der Waals surface area contributed by atoms with Gasteiger partial charge in [-0.3, -0.25) is 9.67 Å². The zero-order valence-corrected chi connectivity index (χ0v) is 16.3. The number of aliphatic imine (C=N–C) groups is 1. The third-order valence-corrected chi connectivity index (χ3v) is 5.32. The van der Waals surface area contributed by atoms with Crippen molar-refractivity contribution in [3.05, 3.63) is 59.5 Å². The Hall–Kier alpha value is -3.45. The molecule has 0 saturated carbocycles. The fraction of sp³-hybridized carbons (Fsp3) is 0.227. The summed E-state index contributed by atoms with van der Waals surface area (Å²) in [6.07, 6.45) is 3.65. The van der Waals surface area contributed by atoms with Crippen LogP contribution >= 0.6 is 0 Å². The fourth-order valence-corrected chi connectivity index (χ4v) is 3.84. The van der Waals surface area contributed by atoms with Gasteiger partial charge in [0.1, 0.15) is 0 Å². The molecule has 3 aromatic heterocycles. The van der Waals surface area contributed by atoms with Crippen LogP contribution in [-0.4, -0.2) is 37.2 Å². The first kappa shape index (κ1) is 17.6. The molecule has 29 heavy (non-hydrogen) atoms. The molecule has 0 atom stereocenters. The highest BCUT2D eigenvalue weighted by Gasteiger charge is 2.17. The van der Waals surface area contributed by atoms with Crippen LogP contribution in [0.25, 0.3) is 22.0 Å². The van der Waals surface area contributed by atoms with E-state index in [-0.39, 0.29) is 5.88 Å². The highest BCUT2D eigenvalue weighted by molar-refractivity contribution is 6.13. The van der Waals surface area contributed by atoms with Gasteiger partial charge in [0.2, 0.25) is 0 Å². The molecular weight excluding hydrogens is 366 g/mol. The Balaban J connectivity index is 1.60. The third kappa shape index (κ3) is 3.09. The number of benzene rings is 1. The predicted octanol–water partition coefficient (Wildman–Crippen LogP) is 4.11. The fourth-order valence-electron chi connectivity index (χ4n) is 3.84. The molecule has 4 aromatic rings. The second-order valence-corrected chi connectivity index (χ2v) is 7.27. The summed E-state index contributed by atoms with van der Waals surface area (Å²) in [6.45, 7) is 5.90. The number of aromatic nitrogens is 4. The first-order chi connectivity index (χ1) is 14.1. The van der Waals surface area contributed by atoms with Crippen molar-refractivity contribution in [1.82, 2.24) is 19.7 Å². The minimum absolute atomic E-state index is 0.105. The number of nitrogens with one attached hydrogen (secondary N) is 1. The van der Waals surface area contributed by atoms with Gasteiger partial charge in [-0.1, -0.05) is 6.07 Å². The van der Waals surface area contributed by atoms with Crippen molar-refractivity contribution >= 4 is 22.4 Å². The van der Waals surface area contributed by atoms with Crippen molar-refractivity contribution < 1.29 is 9.84 Å². The standard InChI is InChI=1S/C22H21N5O2/c1-13-5-6-23-11-18(13)15-3-4-19-17(9-15)21(22(28)25-19)14(2)24-20-10-16-12-29-8-7-27(16)26-20/h3-6,9-11,25,28H,7-8,12H2,1-2H3. The van der Waals surface area contributed by atoms with Gasteiger partial charge in [-0.25, -0.2) is 4.99 Å². The molecule has 5 rings (SSSR count). The monoisotopic (exact) mass is 387 g/mol. The lowest BCUT2D eigenvalue weighted by molar-refractivity contribution is 0.0801. The normalized spacial score (nSPS) is 14.3. The van der Waals surface area contributed by atoms with Crippen LogP contribution in [0.1, 0.15) is 23.7 Å². The van der Waals surface area contributed by atoms with Crippen molar-refractivity contribution in [2.75, 3.05) is 6.61 Å². The number of hydrogen-bond donors (Lipinski definition) is 2. The molecule has 7 heteroatoms. The van der Waals surface area contributed by atoms with Gasteiger partial charge in [-0.05, 0) is 43.2 Å². The maximum Gasteiger partial charge on any atom is 0.198 e. The molecule has 2 N–H and O–H groups in total. The summed E-state index contributed by atoms with van der Waals surface area (Å²) in [5, 5.41) is 16.0. The van der Waals surface area contributed by atoms with E-state index in [1.807, 2.05) is 42.1 Å². The lowest BCUT2D eigenvalue weighted by atomic mass is 9.99. The zero-order valence-electron chi connectivity index (χ0n) is 16.3. The molecule has 1 aliphatic rings. The summed E-state index contributed by atoms with van der Waals surface area (Å²) >= 11 is 0. The van der Waals surface area contributed by atoms with E-state index in [9.17, 15) is 5.11 Å². The largest absolute Gasteiger partial charge is 0.494 e. The topological polar surface area (TPSA) is 88.3 Å². The summed E-state index contributed by atoms with van der Waals surface area (Å²) in [6, 6.07) is 9.99. The van der Waals surface area contributed by atoms with Crippen LogP contribution in [0.2, 0.25) is 0 Å². The molecule has 0 unspecified atom stereocenters. The van der Waals surface area contributed by atoms with Gasteiger partial charge in [0.25, 0.3) is 0 Å². The minimum Gasteiger partial charge on any atom is -0.494 e. The van der Waals surface area contributed by atoms with Crippen LogP contribution in [0.3, 0.4) is 0 Å². The van der Waals surface area contributed by atoms with Crippen LogP contribution < -0.4 is 0 Å². The Morgan fingerprint density at radius 3 is 3.00 bits per heavy atom. The lowest BCUT2D eigenvalue weighted by Gasteiger charge is -2.12. The molecule has 0 fully saturated rings. The van der Waals surface area contributed by atoms with Crippen LogP contribution in [0.15, 0.2) is 47.7 Å². The van der Waals surface area contributed by atoms with Crippen molar-refractivity contribution in [2.45, 2.75) is 27.0 Å². The van der Waals surface area contributed by atoms with Gasteiger partial charge < -0.3 is 14.8 Å². The van der Waals surface area contributed by atoms with E-state index >= 15 is 0 Å². The number of H-pyrrole nitrogens is 1. The maximum absolute atomic E-state index is 10.6. The summed E-state index contributed by atoms with van der Waals surface area (Å²) in [7, 11) is 0. The van der Waals surface area contributed by atoms with E-state index in [0.29, 0.717) is 30.3 Å². The average Bonchev–Trinajstić information content (AvgIpc) is 3.26. The molecule has 4 heterocycles. The highest BCUT2D eigenvalue weighted by atomic mass is 16.5. The summed E-state index contributed by atoms with van der Waals surface area (Å²) in [5.41, 5.74) is 6.52. The van der Waals surface area contributed by atoms with E-state index < -0.39 is 0 Å². The number of rotatable bonds is 3. The van der Waals surface area contributed by atoms with Crippen LogP contribution in [-0.2, 0) is 17.9 Å². The Kier molecular flexibility index (Phi) is 4.17. The van der Waals surface area contributed by atoms with Crippen LogP contribution in [0.5, 0.6) is 5.88 Å². The quantitative estimate of drug-likeness (QED) is 0.518. The lowest BCUT2D eigenvalue weighted by Crippen LogP contribution is -2.16. The van der Waals surface area contributed by atoms with Crippen LogP contribution in [0.4, 0.5) is 5.82 Å². The number of aromatic amines is 1. The van der Waals surface area contributed by atoms with Gasteiger partial charge in [0.05, 0.1) is 36.7 Å². The Morgan fingerprint density at radius 2 is 2.17 bits per heavy atom. The van der Waals surface area contributed by atoms with E-state index in [2.05, 4.69) is 33.0 Å². The maximum atomic E-state index is 10.6. The molecule has 146 valence electrons. The highest BCUT2D eigenvalue weighted by Crippen LogP contribution is 2.33. The molecular formula is C22H21N5O2. The third-order valence-electron chi connectivity index (χ3n) is 5.32. The first-order valence-electron chi connectivity index (χ1n) is 9.56. The number of ether oxygens (including phenoxy) is 1. The van der Waals surface area contributed by atoms with Crippen molar-refractivity contribution in [2.24, 2.45) is 4.99 Å². The SMILES string of the molecule is CC(=Nc1cc2n(n1)CCOC2)c1c(O)[nH]c2ccc(-c3cnccc3C)cc12. The number of nitrogens with zero attached hydrogens (tertiary/aromatic N) is 4. The number of hydrogen-bond acceptors (Lipinski definition) is 5. The molecule has 1 aromatic carbocycles. The Labute approximate surface area is 167 Å². The van der Waals surface area contributed by atoms with Crippen LogP contribution in [0, 0.1) is 6.92 Å². The zero-order chi connectivity index (χ0) is 20.0. The molecule has 0 amide bonds. The van der Waals surface area contributed by atoms with E-state index in [1.165, 1.54) is 0 Å². The van der Waals surface area contributed by atoms with Crippen molar-refractivity contribution in [3.63, 3.8) is 0 Å². The number of fused-ring (bicyclic) bond motifs is 2. The molecule has 0 saturated heterocycles. The van der Waals surface area contributed by atoms with Gasteiger partial charge >= 0.3 is 0 Å². The van der Waals surface area contributed by atoms with Gasteiger partial charge in [-0.15, -0.1) is 0 Å². The smallest absolute Gasteiger partial charge is 0.198 e. The number of pyridine rings is 1. The predicted molar refractivity (Wildman–Crippen MR) is 112 cm³/mol. The van der Waals surface area contributed by atoms with E-state index in [1.54, 1.807) is 6.20 Å². The average molecular weight is 387 g/mol. The second-order valence-electron chi connectivity index (χ2n) is 7.27. The summed E-state index contributed by atoms with van der Waals surface area (Å²) in [4.78, 5) is 12.0. The van der Waals surface area contributed by atoms with E-state index in [0.717, 1.165) is 39.8 Å². The van der Waals surface area contributed by atoms with Gasteiger partial charge in [-0.2, -0.15) is 5.10 Å².